The molecule has 1 unspecified atom stereocenters. The van der Waals surface area contributed by atoms with Gasteiger partial charge in [-0.25, -0.2) is 24.9 Å². The molecule has 0 aliphatic carbocycles. The zero-order chi connectivity index (χ0) is 21.7. The normalized spacial score (nSPS) is 24.1. The van der Waals surface area contributed by atoms with E-state index in [1.54, 1.807) is 25.6 Å². The molecule has 0 N–H and O–H groups in total. The average molecular weight is 433 g/mol. The molecule has 164 valence electrons. The highest BCUT2D eigenvalue weighted by Crippen LogP contribution is 2.46. The summed E-state index contributed by atoms with van der Waals surface area (Å²) in [6.45, 7) is 1.63. The lowest BCUT2D eigenvalue weighted by atomic mass is 9.99. The Morgan fingerprint density at radius 3 is 2.72 bits per heavy atom. The molecule has 32 heavy (non-hydrogen) atoms. The van der Waals surface area contributed by atoms with Crippen molar-refractivity contribution in [3.05, 3.63) is 54.0 Å². The van der Waals surface area contributed by atoms with Gasteiger partial charge in [-0.3, -0.25) is 0 Å². The third kappa shape index (κ3) is 3.28. The molecule has 0 radical (unpaired) electrons. The minimum atomic E-state index is -0.448. The van der Waals surface area contributed by atoms with E-state index < -0.39 is 5.95 Å². The number of fused-ring (bicyclic) bond motifs is 4. The lowest BCUT2D eigenvalue weighted by Gasteiger charge is -2.37. The van der Waals surface area contributed by atoms with Crippen molar-refractivity contribution in [2.45, 2.75) is 43.9 Å². The van der Waals surface area contributed by atoms with Crippen molar-refractivity contribution in [2.24, 2.45) is 0 Å². The summed E-state index contributed by atoms with van der Waals surface area (Å²) in [5.74, 6) is 1.32. The number of anilines is 2. The van der Waals surface area contributed by atoms with Crippen LogP contribution >= 0.6 is 0 Å². The fraction of sp³-hybridized carbons (Fsp3) is 0.435. The van der Waals surface area contributed by atoms with Crippen LogP contribution < -0.4 is 9.80 Å². The van der Waals surface area contributed by atoms with Crippen LogP contribution in [-0.2, 0) is 11.2 Å². The van der Waals surface area contributed by atoms with E-state index in [0.717, 1.165) is 55.7 Å². The van der Waals surface area contributed by atoms with Crippen molar-refractivity contribution < 1.29 is 9.13 Å². The van der Waals surface area contributed by atoms with E-state index in [4.69, 9.17) is 9.72 Å². The maximum atomic E-state index is 14.6. The van der Waals surface area contributed by atoms with Crippen LogP contribution in [0.1, 0.15) is 36.6 Å². The Balaban J connectivity index is 1.32. The minimum Gasteiger partial charge on any atom is -0.380 e. The zero-order valence-corrected chi connectivity index (χ0v) is 17.9. The molecule has 0 amide bonds. The van der Waals surface area contributed by atoms with E-state index in [2.05, 4.69) is 29.7 Å². The second-order valence-electron chi connectivity index (χ2n) is 8.63. The highest BCUT2D eigenvalue weighted by molar-refractivity contribution is 5.59. The topological polar surface area (TPSA) is 80.2 Å². The van der Waals surface area contributed by atoms with Gasteiger partial charge in [0.25, 0.3) is 0 Å². The smallest absolute Gasteiger partial charge is 0.216 e. The van der Waals surface area contributed by atoms with Gasteiger partial charge in [-0.15, -0.1) is 0 Å². The summed E-state index contributed by atoms with van der Waals surface area (Å²) >= 11 is 0. The summed E-state index contributed by atoms with van der Waals surface area (Å²) in [6, 6.07) is 5.65. The first kappa shape index (κ1) is 19.5. The average Bonchev–Trinajstić information content (AvgIpc) is 3.43. The van der Waals surface area contributed by atoms with Crippen LogP contribution in [0.2, 0.25) is 0 Å². The molecule has 0 spiro atoms. The van der Waals surface area contributed by atoms with Crippen molar-refractivity contribution in [1.82, 2.24) is 24.9 Å². The molecule has 8 nitrogen and oxygen atoms in total. The zero-order valence-electron chi connectivity index (χ0n) is 17.9. The van der Waals surface area contributed by atoms with Gasteiger partial charge in [-0.1, -0.05) is 0 Å². The van der Waals surface area contributed by atoms with Crippen LogP contribution in [0.25, 0.3) is 11.6 Å². The first-order chi connectivity index (χ1) is 15.7. The Morgan fingerprint density at radius 2 is 1.91 bits per heavy atom. The second-order valence-corrected chi connectivity index (χ2v) is 8.63. The third-order valence-electron chi connectivity index (χ3n) is 6.83. The summed E-state index contributed by atoms with van der Waals surface area (Å²) in [6.07, 6.45) is 9.18. The largest absolute Gasteiger partial charge is 0.380 e. The molecule has 0 saturated carbocycles. The molecule has 2 fully saturated rings. The number of pyridine rings is 1. The molecule has 3 aromatic rings. The van der Waals surface area contributed by atoms with Gasteiger partial charge in [0.05, 0.1) is 17.8 Å². The van der Waals surface area contributed by atoms with E-state index >= 15 is 0 Å². The van der Waals surface area contributed by atoms with Crippen LogP contribution in [0.15, 0.2) is 36.8 Å². The van der Waals surface area contributed by atoms with Gasteiger partial charge < -0.3 is 14.5 Å². The van der Waals surface area contributed by atoms with Crippen molar-refractivity contribution in [3.8, 4) is 11.6 Å². The fourth-order valence-corrected chi connectivity index (χ4v) is 5.29. The lowest BCUT2D eigenvalue weighted by molar-refractivity contribution is 0.121. The van der Waals surface area contributed by atoms with E-state index in [9.17, 15) is 4.39 Å². The highest BCUT2D eigenvalue weighted by atomic mass is 19.1. The van der Waals surface area contributed by atoms with E-state index in [-0.39, 0.29) is 18.2 Å². The maximum Gasteiger partial charge on any atom is 0.216 e. The van der Waals surface area contributed by atoms with E-state index in [1.165, 1.54) is 6.07 Å². The van der Waals surface area contributed by atoms with Crippen LogP contribution in [0.5, 0.6) is 0 Å². The number of ether oxygens (including phenoxy) is 1. The molecule has 0 aromatic carbocycles. The summed E-state index contributed by atoms with van der Waals surface area (Å²) in [4.78, 5) is 26.6. The Bertz CT molecular complexity index is 1140. The molecular formula is C23H24FN7O. The number of rotatable bonds is 4. The SMILES string of the molecule is COC1CCN(c2cc(F)nc(N3[C@@H]4CC[C@H]3c3cnc(-c5ncccn5)nc3C4)c2)C1. The molecular weight excluding hydrogens is 409 g/mol. The van der Waals surface area contributed by atoms with Gasteiger partial charge in [0.2, 0.25) is 5.95 Å². The van der Waals surface area contributed by atoms with Crippen LogP contribution in [0, 0.1) is 5.95 Å². The number of nitrogens with zero attached hydrogens (tertiary/aromatic N) is 7. The van der Waals surface area contributed by atoms with Crippen molar-refractivity contribution in [2.75, 3.05) is 30.0 Å². The van der Waals surface area contributed by atoms with Gasteiger partial charge in [-0.05, 0) is 25.3 Å². The summed E-state index contributed by atoms with van der Waals surface area (Å²) in [5.41, 5.74) is 2.99. The molecule has 6 rings (SSSR count). The minimum absolute atomic E-state index is 0.0990. The lowest BCUT2D eigenvalue weighted by Crippen LogP contribution is -2.39. The summed E-state index contributed by atoms with van der Waals surface area (Å²) in [5, 5.41) is 0. The first-order valence-electron chi connectivity index (χ1n) is 11.1. The number of aromatic nitrogens is 5. The quantitative estimate of drug-likeness (QED) is 0.581. The molecule has 3 aliphatic heterocycles. The summed E-state index contributed by atoms with van der Waals surface area (Å²) < 4.78 is 20.1. The van der Waals surface area contributed by atoms with Crippen molar-refractivity contribution >= 4 is 11.5 Å². The summed E-state index contributed by atoms with van der Waals surface area (Å²) in [7, 11) is 1.73. The van der Waals surface area contributed by atoms with Crippen LogP contribution in [0.3, 0.4) is 0 Å². The third-order valence-corrected chi connectivity index (χ3v) is 6.83. The predicted molar refractivity (Wildman–Crippen MR) is 117 cm³/mol. The van der Waals surface area contributed by atoms with E-state index in [0.29, 0.717) is 17.5 Å². The number of methoxy groups -OCH3 is 1. The highest BCUT2D eigenvalue weighted by Gasteiger charge is 2.42. The van der Waals surface area contributed by atoms with Crippen LogP contribution in [0.4, 0.5) is 15.9 Å². The molecule has 9 heteroatoms. The molecule has 3 atom stereocenters. The molecule has 6 heterocycles. The molecule has 3 aliphatic rings. The Labute approximate surface area is 185 Å². The molecule has 2 saturated heterocycles. The predicted octanol–water partition coefficient (Wildman–Crippen LogP) is 2.96. The number of halogens is 1. The standard InChI is InChI=1S/C23H24FN7O/c1-32-16-5-8-30(13-16)15-10-20(24)29-21(11-15)31-14-3-4-19(31)17-12-27-23(28-18(17)9-14)22-25-6-2-7-26-22/h2,6-7,10-12,14,16,19H,3-5,8-9,13H2,1H3/t14-,16?,19+/m1/s1. The molecule has 2 bridgehead atoms. The van der Waals surface area contributed by atoms with Gasteiger partial charge in [-0.2, -0.15) is 4.39 Å². The number of hydrogen-bond donors (Lipinski definition) is 0. The monoisotopic (exact) mass is 433 g/mol. The van der Waals surface area contributed by atoms with Crippen LogP contribution in [-0.4, -0.2) is 57.3 Å². The molecule has 3 aromatic heterocycles. The second kappa shape index (κ2) is 7.74. The van der Waals surface area contributed by atoms with Crippen molar-refractivity contribution in [3.63, 3.8) is 0 Å². The Hall–Kier alpha value is -3.20. The Kier molecular flexibility index (Phi) is 4.71. The van der Waals surface area contributed by atoms with Gasteiger partial charge in [0, 0.05) is 74.6 Å². The first-order valence-corrected chi connectivity index (χ1v) is 11.1. The van der Waals surface area contributed by atoms with Gasteiger partial charge in [0.1, 0.15) is 5.82 Å². The fourth-order valence-electron chi connectivity index (χ4n) is 5.29. The Morgan fingerprint density at radius 1 is 1.03 bits per heavy atom. The van der Waals surface area contributed by atoms with Gasteiger partial charge in [0.15, 0.2) is 11.6 Å². The maximum absolute atomic E-state index is 14.6. The van der Waals surface area contributed by atoms with Crippen molar-refractivity contribution in [1.29, 1.82) is 0 Å². The number of hydrogen-bond acceptors (Lipinski definition) is 8. The van der Waals surface area contributed by atoms with Gasteiger partial charge >= 0.3 is 0 Å². The van der Waals surface area contributed by atoms with E-state index in [1.807, 2.05) is 12.3 Å².